The minimum absolute atomic E-state index is 0.140. The molecule has 4 aromatic rings. The van der Waals surface area contributed by atoms with Crippen LogP contribution in [0.3, 0.4) is 0 Å². The Bertz CT molecular complexity index is 1100. The second kappa shape index (κ2) is 11.3. The fourth-order valence-electron chi connectivity index (χ4n) is 4.39. The van der Waals surface area contributed by atoms with E-state index in [0.717, 1.165) is 35.2 Å². The summed E-state index contributed by atoms with van der Waals surface area (Å²) in [6.45, 7) is 2.26. The predicted molar refractivity (Wildman–Crippen MR) is 136 cm³/mol. The first-order valence-electron chi connectivity index (χ1n) is 11.8. The van der Waals surface area contributed by atoms with Gasteiger partial charge in [-0.1, -0.05) is 97.1 Å². The van der Waals surface area contributed by atoms with Crippen molar-refractivity contribution in [2.45, 2.75) is 31.7 Å². The van der Waals surface area contributed by atoms with Crippen molar-refractivity contribution in [3.8, 4) is 0 Å². The molecule has 172 valence electrons. The minimum Gasteiger partial charge on any atom is -0.466 e. The van der Waals surface area contributed by atoms with Gasteiger partial charge in [0.15, 0.2) is 0 Å². The zero-order valence-electron chi connectivity index (χ0n) is 19.5. The number of nitrogens with zero attached hydrogens (tertiary/aromatic N) is 2. The molecule has 1 heterocycles. The lowest BCUT2D eigenvalue weighted by atomic mass is 9.77. The number of ether oxygens (including phenoxy) is 1. The van der Waals surface area contributed by atoms with Crippen LogP contribution >= 0.6 is 0 Å². The Morgan fingerprint density at radius 2 is 1.41 bits per heavy atom. The normalized spacial score (nSPS) is 11.6. The quantitative estimate of drug-likeness (QED) is 0.158. The number of hydrogen-bond acceptors (Lipinski definition) is 3. The van der Waals surface area contributed by atoms with Crippen molar-refractivity contribution in [2.75, 3.05) is 6.61 Å². The lowest BCUT2D eigenvalue weighted by Gasteiger charge is -2.37. The third-order valence-corrected chi connectivity index (χ3v) is 5.91. The molecular weight excluding hydrogens is 420 g/mol. The maximum atomic E-state index is 11.5. The van der Waals surface area contributed by atoms with Gasteiger partial charge in [0.2, 0.25) is 0 Å². The number of esters is 1. The van der Waals surface area contributed by atoms with E-state index >= 15 is 0 Å². The van der Waals surface area contributed by atoms with Gasteiger partial charge in [-0.05, 0) is 42.5 Å². The standard InChI is InChI=1S/C30H30N2O2/c1-2-34-29(33)22-14-6-13-21-28-23-32(24-31-28)30(25-15-7-3-8-16-25,26-17-9-4-10-18-26)27-19-11-5-12-20-27/h3-5,7-13,15-21,23-24H,2,6,14,22H2,1H3/b21-13-. The molecule has 1 aromatic heterocycles. The van der Waals surface area contributed by atoms with E-state index in [0.29, 0.717) is 13.0 Å². The van der Waals surface area contributed by atoms with Crippen molar-refractivity contribution in [3.05, 3.63) is 132 Å². The van der Waals surface area contributed by atoms with E-state index < -0.39 is 5.54 Å². The van der Waals surface area contributed by atoms with E-state index in [1.807, 2.05) is 37.5 Å². The topological polar surface area (TPSA) is 44.1 Å². The molecule has 0 unspecified atom stereocenters. The summed E-state index contributed by atoms with van der Waals surface area (Å²) in [5.41, 5.74) is 3.80. The van der Waals surface area contributed by atoms with Gasteiger partial charge >= 0.3 is 5.97 Å². The lowest BCUT2D eigenvalue weighted by molar-refractivity contribution is -0.143. The van der Waals surface area contributed by atoms with Crippen LogP contribution in [0.2, 0.25) is 0 Å². The Kier molecular flexibility index (Phi) is 7.71. The van der Waals surface area contributed by atoms with Gasteiger partial charge in [0.05, 0.1) is 18.6 Å². The van der Waals surface area contributed by atoms with Gasteiger partial charge < -0.3 is 9.30 Å². The molecule has 0 saturated heterocycles. The molecule has 0 atom stereocenters. The Hall–Kier alpha value is -3.92. The number of unbranched alkanes of at least 4 members (excludes halogenated alkanes) is 1. The van der Waals surface area contributed by atoms with Crippen molar-refractivity contribution >= 4 is 12.0 Å². The summed E-state index contributed by atoms with van der Waals surface area (Å²) in [5.74, 6) is -0.140. The van der Waals surface area contributed by atoms with E-state index in [9.17, 15) is 4.79 Å². The maximum absolute atomic E-state index is 11.5. The van der Waals surface area contributed by atoms with Crippen LogP contribution in [0.15, 0.2) is 110 Å². The smallest absolute Gasteiger partial charge is 0.305 e. The Labute approximate surface area is 201 Å². The summed E-state index contributed by atoms with van der Waals surface area (Å²) in [6.07, 6.45) is 10.1. The number of allylic oxidation sites excluding steroid dienone is 1. The highest BCUT2D eigenvalue weighted by atomic mass is 16.5. The summed E-state index contributed by atoms with van der Waals surface area (Å²) in [5, 5.41) is 0. The minimum atomic E-state index is -0.563. The summed E-state index contributed by atoms with van der Waals surface area (Å²) in [7, 11) is 0. The summed E-state index contributed by atoms with van der Waals surface area (Å²) >= 11 is 0. The monoisotopic (exact) mass is 450 g/mol. The van der Waals surface area contributed by atoms with Crippen molar-refractivity contribution in [2.24, 2.45) is 0 Å². The molecule has 0 fully saturated rings. The second-order valence-electron chi connectivity index (χ2n) is 8.11. The van der Waals surface area contributed by atoms with E-state index in [1.54, 1.807) is 0 Å². The van der Waals surface area contributed by atoms with Crippen LogP contribution in [0, 0.1) is 0 Å². The van der Waals surface area contributed by atoms with Crippen LogP contribution in [-0.4, -0.2) is 22.1 Å². The molecule has 4 rings (SSSR count). The number of benzene rings is 3. The van der Waals surface area contributed by atoms with E-state index in [4.69, 9.17) is 9.72 Å². The van der Waals surface area contributed by atoms with E-state index in [-0.39, 0.29) is 5.97 Å². The molecule has 0 bridgehead atoms. The van der Waals surface area contributed by atoms with Crippen LogP contribution in [0.5, 0.6) is 0 Å². The van der Waals surface area contributed by atoms with Crippen LogP contribution < -0.4 is 0 Å². The van der Waals surface area contributed by atoms with Crippen molar-refractivity contribution in [1.29, 1.82) is 0 Å². The van der Waals surface area contributed by atoms with Crippen molar-refractivity contribution in [3.63, 3.8) is 0 Å². The number of carbonyl (C=O) groups excluding carboxylic acids is 1. The van der Waals surface area contributed by atoms with Gasteiger partial charge in [-0.15, -0.1) is 0 Å². The molecule has 0 aliphatic rings. The molecule has 3 aromatic carbocycles. The summed E-state index contributed by atoms with van der Waals surface area (Å²) < 4.78 is 7.19. The van der Waals surface area contributed by atoms with Crippen LogP contribution in [0.1, 0.15) is 48.6 Å². The Morgan fingerprint density at radius 3 is 1.91 bits per heavy atom. The van der Waals surface area contributed by atoms with E-state index in [2.05, 4.69) is 89.6 Å². The third-order valence-electron chi connectivity index (χ3n) is 5.91. The van der Waals surface area contributed by atoms with Crippen LogP contribution in [0.25, 0.3) is 6.08 Å². The Balaban J connectivity index is 1.71. The first-order valence-corrected chi connectivity index (χ1v) is 11.8. The number of carbonyl (C=O) groups is 1. The average Bonchev–Trinajstić information content (AvgIpc) is 3.35. The van der Waals surface area contributed by atoms with Gasteiger partial charge in [-0.3, -0.25) is 4.79 Å². The van der Waals surface area contributed by atoms with Gasteiger partial charge in [0, 0.05) is 12.6 Å². The molecule has 0 saturated carbocycles. The molecule has 0 N–H and O–H groups in total. The molecular formula is C30H30N2O2. The molecule has 0 spiro atoms. The molecule has 0 radical (unpaired) electrons. The zero-order valence-corrected chi connectivity index (χ0v) is 19.5. The number of imidazole rings is 1. The van der Waals surface area contributed by atoms with Crippen LogP contribution in [0.4, 0.5) is 0 Å². The first-order chi connectivity index (χ1) is 16.7. The summed E-state index contributed by atoms with van der Waals surface area (Å²) in [6, 6.07) is 31.6. The Morgan fingerprint density at radius 1 is 0.882 bits per heavy atom. The molecule has 0 aliphatic heterocycles. The molecule has 4 nitrogen and oxygen atoms in total. The lowest BCUT2D eigenvalue weighted by Crippen LogP contribution is -2.36. The van der Waals surface area contributed by atoms with Gasteiger partial charge in [-0.25, -0.2) is 4.98 Å². The zero-order chi connectivity index (χ0) is 23.6. The molecule has 4 heteroatoms. The first kappa shape index (κ1) is 23.2. The number of hydrogen-bond donors (Lipinski definition) is 0. The second-order valence-corrected chi connectivity index (χ2v) is 8.11. The van der Waals surface area contributed by atoms with Gasteiger partial charge in [0.1, 0.15) is 5.54 Å². The highest BCUT2D eigenvalue weighted by Gasteiger charge is 2.38. The predicted octanol–water partition coefficient (Wildman–Crippen LogP) is 6.47. The number of aromatic nitrogens is 2. The van der Waals surface area contributed by atoms with Gasteiger partial charge in [0.25, 0.3) is 0 Å². The maximum Gasteiger partial charge on any atom is 0.305 e. The van der Waals surface area contributed by atoms with Crippen LogP contribution in [-0.2, 0) is 15.1 Å². The van der Waals surface area contributed by atoms with Crippen molar-refractivity contribution in [1.82, 2.24) is 9.55 Å². The third kappa shape index (κ3) is 5.01. The van der Waals surface area contributed by atoms with E-state index in [1.165, 1.54) is 0 Å². The average molecular weight is 451 g/mol. The summed E-state index contributed by atoms with van der Waals surface area (Å²) in [4.78, 5) is 16.2. The SMILES string of the molecule is CCOC(=O)CCC/C=C\c1cn(C(c2ccccc2)(c2ccccc2)c2ccccc2)cn1. The highest BCUT2D eigenvalue weighted by molar-refractivity contribution is 5.69. The molecule has 0 amide bonds. The number of rotatable bonds is 10. The molecule has 0 aliphatic carbocycles. The largest absolute Gasteiger partial charge is 0.466 e. The van der Waals surface area contributed by atoms with Crippen molar-refractivity contribution < 1.29 is 9.53 Å². The molecule has 34 heavy (non-hydrogen) atoms. The highest BCUT2D eigenvalue weighted by Crippen LogP contribution is 2.40. The fraction of sp³-hybridized carbons (Fsp3) is 0.200. The van der Waals surface area contributed by atoms with Gasteiger partial charge in [-0.2, -0.15) is 0 Å². The fourth-order valence-corrected chi connectivity index (χ4v) is 4.39.